The van der Waals surface area contributed by atoms with E-state index in [9.17, 15) is 19.8 Å². The maximum atomic E-state index is 13.3. The van der Waals surface area contributed by atoms with E-state index in [1.54, 1.807) is 0 Å². The molecule has 196 valence electrons. The first-order valence-corrected chi connectivity index (χ1v) is 13.4. The third kappa shape index (κ3) is 7.33. The van der Waals surface area contributed by atoms with Gasteiger partial charge in [-0.15, -0.1) is 0 Å². The van der Waals surface area contributed by atoms with Crippen molar-refractivity contribution in [1.29, 1.82) is 0 Å². The molecule has 2 aromatic carbocycles. The first kappa shape index (κ1) is 27.7. The van der Waals surface area contributed by atoms with Crippen molar-refractivity contribution in [2.75, 3.05) is 0 Å². The molecule has 4 N–H and O–H groups in total. The van der Waals surface area contributed by atoms with Gasteiger partial charge in [-0.3, -0.25) is 4.79 Å². The second-order valence-electron chi connectivity index (χ2n) is 10.6. The van der Waals surface area contributed by atoms with Gasteiger partial charge < -0.3 is 20.8 Å². The van der Waals surface area contributed by atoms with Crippen molar-refractivity contribution in [3.05, 3.63) is 71.8 Å². The van der Waals surface area contributed by atoms with Crippen LogP contribution in [0.15, 0.2) is 60.7 Å². The Hall–Kier alpha value is -2.86. The van der Waals surface area contributed by atoms with Gasteiger partial charge in [0.1, 0.15) is 0 Å². The molecule has 3 rings (SSSR count). The van der Waals surface area contributed by atoms with Crippen LogP contribution in [0, 0.1) is 5.41 Å². The fourth-order valence-electron chi connectivity index (χ4n) is 5.74. The number of nitrogens with one attached hydrogen (secondary N) is 2. The molecule has 2 aromatic rings. The molecule has 6 heteroatoms. The third-order valence-electron chi connectivity index (χ3n) is 7.88. The fourth-order valence-corrected chi connectivity index (χ4v) is 5.74. The highest BCUT2D eigenvalue weighted by Gasteiger charge is 2.50. The number of carboxylic acid groups (broad SMARTS) is 1. The number of aryl methyl sites for hydroxylation is 1. The lowest BCUT2D eigenvalue weighted by Crippen LogP contribution is -2.63. The van der Waals surface area contributed by atoms with Gasteiger partial charge in [0.15, 0.2) is 6.10 Å². The van der Waals surface area contributed by atoms with Gasteiger partial charge in [0.2, 0.25) is 0 Å². The molecule has 1 aliphatic rings. The molecule has 1 fully saturated rings. The summed E-state index contributed by atoms with van der Waals surface area (Å²) in [6.45, 7) is 3.91. The molecule has 3 atom stereocenters. The number of aliphatic hydroxyl groups is 1. The van der Waals surface area contributed by atoms with E-state index in [0.717, 1.165) is 56.9 Å². The molecule has 1 aliphatic carbocycles. The van der Waals surface area contributed by atoms with Gasteiger partial charge >= 0.3 is 6.09 Å². The van der Waals surface area contributed by atoms with Crippen LogP contribution in [-0.2, 0) is 11.2 Å². The molecule has 0 heterocycles. The lowest BCUT2D eigenvalue weighted by atomic mass is 9.58. The van der Waals surface area contributed by atoms with Crippen LogP contribution in [0.1, 0.15) is 88.8 Å². The predicted molar refractivity (Wildman–Crippen MR) is 143 cm³/mol. The van der Waals surface area contributed by atoms with E-state index < -0.39 is 23.6 Å². The average molecular weight is 495 g/mol. The van der Waals surface area contributed by atoms with Crippen molar-refractivity contribution in [2.45, 2.75) is 95.7 Å². The van der Waals surface area contributed by atoms with Gasteiger partial charge in [-0.2, -0.15) is 0 Å². The number of aliphatic hydroxyl groups excluding tert-OH is 1. The van der Waals surface area contributed by atoms with Crippen LogP contribution in [0.4, 0.5) is 4.79 Å². The minimum Gasteiger partial charge on any atom is -0.465 e. The number of carbonyl (C=O) groups excluding carboxylic acids is 1. The molecule has 6 nitrogen and oxygen atoms in total. The topological polar surface area (TPSA) is 98.7 Å². The zero-order valence-corrected chi connectivity index (χ0v) is 21.7. The molecule has 36 heavy (non-hydrogen) atoms. The first-order valence-electron chi connectivity index (χ1n) is 13.4. The summed E-state index contributed by atoms with van der Waals surface area (Å²) in [5.41, 5.74) is 0.925. The summed E-state index contributed by atoms with van der Waals surface area (Å²) in [5, 5.41) is 26.8. The molecule has 0 bridgehead atoms. The lowest BCUT2D eigenvalue weighted by molar-refractivity contribution is -0.136. The summed E-state index contributed by atoms with van der Waals surface area (Å²) in [7, 11) is 0. The van der Waals surface area contributed by atoms with E-state index in [0.29, 0.717) is 12.8 Å². The number of rotatable bonds is 14. The molecule has 0 aromatic heterocycles. The van der Waals surface area contributed by atoms with Crippen LogP contribution in [0.5, 0.6) is 0 Å². The van der Waals surface area contributed by atoms with Gasteiger partial charge in [0, 0.05) is 0 Å². The Bertz CT molecular complexity index is 961. The number of hydrogen-bond acceptors (Lipinski definition) is 3. The second kappa shape index (κ2) is 12.9. The van der Waals surface area contributed by atoms with Crippen molar-refractivity contribution in [3.8, 4) is 0 Å². The third-order valence-corrected chi connectivity index (χ3v) is 7.88. The van der Waals surface area contributed by atoms with Crippen LogP contribution >= 0.6 is 0 Å². The average Bonchev–Trinajstić information content (AvgIpc) is 2.86. The van der Waals surface area contributed by atoms with Gasteiger partial charge in [-0.05, 0) is 68.4 Å². The summed E-state index contributed by atoms with van der Waals surface area (Å²) in [5.74, 6) is -0.532. The van der Waals surface area contributed by atoms with Gasteiger partial charge in [0.05, 0.1) is 11.6 Å². The zero-order valence-electron chi connectivity index (χ0n) is 21.7. The summed E-state index contributed by atoms with van der Waals surface area (Å²) >= 11 is 0. The Morgan fingerprint density at radius 3 is 2.22 bits per heavy atom. The molecule has 0 aliphatic heterocycles. The van der Waals surface area contributed by atoms with Gasteiger partial charge in [-0.25, -0.2) is 4.79 Å². The maximum Gasteiger partial charge on any atom is 0.405 e. The Morgan fingerprint density at radius 1 is 1.03 bits per heavy atom. The predicted octanol–water partition coefficient (Wildman–Crippen LogP) is 6.00. The van der Waals surface area contributed by atoms with Crippen LogP contribution in [0.3, 0.4) is 0 Å². The molecule has 2 amide bonds. The quantitative estimate of drug-likeness (QED) is 0.259. The molecule has 0 radical (unpaired) electrons. The minimum absolute atomic E-state index is 0.0721. The monoisotopic (exact) mass is 494 g/mol. The Kier molecular flexibility index (Phi) is 9.94. The minimum atomic E-state index is -1.47. The normalized spacial score (nSPS) is 17.8. The highest BCUT2D eigenvalue weighted by molar-refractivity contribution is 5.83. The largest absolute Gasteiger partial charge is 0.465 e. The Morgan fingerprint density at radius 2 is 1.67 bits per heavy atom. The first-order chi connectivity index (χ1) is 17.3. The van der Waals surface area contributed by atoms with E-state index >= 15 is 0 Å². The summed E-state index contributed by atoms with van der Waals surface area (Å²) in [6, 6.07) is 19.6. The maximum absolute atomic E-state index is 13.3. The SMILES string of the molecule is CCCCC(CC1(CCCc2ccccc2)CCC1)(NC(=O)O)C(O)C(=O)N[C@H](C)c1ccccc1. The van der Waals surface area contributed by atoms with Gasteiger partial charge in [0.25, 0.3) is 5.91 Å². The van der Waals surface area contributed by atoms with Crippen molar-refractivity contribution in [3.63, 3.8) is 0 Å². The Balaban J connectivity index is 1.78. The highest BCUT2D eigenvalue weighted by atomic mass is 16.4. The summed E-state index contributed by atoms with van der Waals surface area (Å²) < 4.78 is 0. The van der Waals surface area contributed by atoms with E-state index in [2.05, 4.69) is 22.8 Å². The molecular weight excluding hydrogens is 452 g/mol. The smallest absolute Gasteiger partial charge is 0.405 e. The van der Waals surface area contributed by atoms with Crippen LogP contribution < -0.4 is 10.6 Å². The number of benzene rings is 2. The standard InChI is InChI=1S/C30H42N2O4/c1-3-4-21-30(32-28(35)36,26(33)27(34)31-23(2)25-16-9-6-10-17-25)22-29(19-12-20-29)18-11-15-24-13-7-5-8-14-24/h5-10,13-14,16-17,23,26,32-33H,3-4,11-12,15,18-22H2,1-2H3,(H,31,34)(H,35,36)/t23-,26?,30?/m1/s1. The van der Waals surface area contributed by atoms with Crippen molar-refractivity contribution < 1.29 is 19.8 Å². The number of hydrogen-bond donors (Lipinski definition) is 4. The molecule has 0 saturated heterocycles. The fraction of sp³-hybridized carbons (Fsp3) is 0.533. The van der Waals surface area contributed by atoms with E-state index in [1.807, 2.05) is 62.4 Å². The van der Waals surface area contributed by atoms with Gasteiger partial charge in [-0.1, -0.05) is 86.8 Å². The van der Waals surface area contributed by atoms with E-state index in [-0.39, 0.29) is 11.5 Å². The van der Waals surface area contributed by atoms with Crippen molar-refractivity contribution in [2.24, 2.45) is 5.41 Å². The molecule has 1 saturated carbocycles. The molecule has 0 spiro atoms. The summed E-state index contributed by atoms with van der Waals surface area (Å²) in [4.78, 5) is 25.3. The number of carbonyl (C=O) groups is 2. The van der Waals surface area contributed by atoms with Crippen LogP contribution in [0.2, 0.25) is 0 Å². The number of amides is 2. The van der Waals surface area contributed by atoms with Crippen molar-refractivity contribution in [1.82, 2.24) is 10.6 Å². The van der Waals surface area contributed by atoms with E-state index in [4.69, 9.17) is 0 Å². The lowest BCUT2D eigenvalue weighted by Gasteiger charge is -2.50. The Labute approximate surface area is 215 Å². The van der Waals surface area contributed by atoms with Crippen LogP contribution in [0.25, 0.3) is 0 Å². The molecule has 2 unspecified atom stereocenters. The number of unbranched alkanes of at least 4 members (excludes halogenated alkanes) is 1. The highest BCUT2D eigenvalue weighted by Crippen LogP contribution is 2.52. The molecular formula is C30H42N2O4. The summed E-state index contributed by atoms with van der Waals surface area (Å²) in [6.07, 6.45) is 5.77. The van der Waals surface area contributed by atoms with Crippen LogP contribution in [-0.4, -0.2) is 33.9 Å². The zero-order chi connectivity index (χ0) is 26.0. The van der Waals surface area contributed by atoms with E-state index in [1.165, 1.54) is 5.56 Å². The second-order valence-corrected chi connectivity index (χ2v) is 10.6. The van der Waals surface area contributed by atoms with Crippen molar-refractivity contribution >= 4 is 12.0 Å².